The molecule has 1 amide bonds. The van der Waals surface area contributed by atoms with Gasteiger partial charge in [0.2, 0.25) is 0 Å². The fourth-order valence-corrected chi connectivity index (χ4v) is 9.65. The first-order chi connectivity index (χ1) is 24.3. The van der Waals surface area contributed by atoms with Crippen molar-refractivity contribution in [3.63, 3.8) is 0 Å². The van der Waals surface area contributed by atoms with Crippen LogP contribution in [0.4, 0.5) is 11.4 Å². The van der Waals surface area contributed by atoms with Gasteiger partial charge in [0.05, 0.1) is 4.53 Å². The van der Waals surface area contributed by atoms with Crippen molar-refractivity contribution in [2.45, 2.75) is 37.8 Å². The number of thiazole rings is 1. The number of thioether (sulfide) groups is 1. The van der Waals surface area contributed by atoms with Crippen molar-refractivity contribution in [1.82, 2.24) is 9.88 Å². The molecule has 50 heavy (non-hydrogen) atoms. The minimum atomic E-state index is -1.16. The molecule has 1 aromatic heterocycles. The van der Waals surface area contributed by atoms with E-state index in [0.29, 0.717) is 21.2 Å². The molecule has 3 aliphatic rings. The normalized spacial score (nSPS) is 19.4. The van der Waals surface area contributed by atoms with Crippen molar-refractivity contribution >= 4 is 85.5 Å². The number of aliphatic carboxylic acids is 1. The SMILES string of the molecule is O=C(O)Cn1c(=O)/c(=C/c2ccc3c(c2)C2CCCC2N3c2ccc(C=C(c3ccccc3)c3ccccc3)cc2)s/c1=C1\SC(=S)NC1=O. The van der Waals surface area contributed by atoms with E-state index < -0.39 is 24.0 Å². The third-order valence-electron chi connectivity index (χ3n) is 9.48. The molecule has 3 heterocycles. The molecule has 2 unspecified atom stereocenters. The maximum atomic E-state index is 13.5. The molecule has 0 bridgehead atoms. The molecule has 8 rings (SSSR count). The van der Waals surface area contributed by atoms with E-state index in [-0.39, 0.29) is 9.23 Å². The number of rotatable bonds is 7. The Labute approximate surface area is 301 Å². The van der Waals surface area contributed by atoms with Crippen LogP contribution in [0.25, 0.3) is 22.6 Å². The molecule has 248 valence electrons. The van der Waals surface area contributed by atoms with Gasteiger partial charge in [-0.3, -0.25) is 19.0 Å². The topological polar surface area (TPSA) is 91.6 Å². The van der Waals surface area contributed by atoms with E-state index in [1.807, 2.05) is 18.2 Å². The molecule has 7 nitrogen and oxygen atoms in total. The summed E-state index contributed by atoms with van der Waals surface area (Å²) >= 11 is 7.29. The fourth-order valence-electron chi connectivity index (χ4n) is 7.34. The number of carboxylic acids is 1. The third-order valence-corrected chi connectivity index (χ3v) is 12.0. The smallest absolute Gasteiger partial charge is 0.323 e. The summed E-state index contributed by atoms with van der Waals surface area (Å²) in [4.78, 5) is 40.4. The van der Waals surface area contributed by atoms with Crippen LogP contribution in [0.1, 0.15) is 53.0 Å². The van der Waals surface area contributed by atoms with Gasteiger partial charge in [-0.15, -0.1) is 11.3 Å². The molecular weight excluding hydrogens is 683 g/mol. The number of benzene rings is 4. The highest BCUT2D eigenvalue weighted by atomic mass is 32.2. The molecule has 2 N–H and O–H groups in total. The van der Waals surface area contributed by atoms with E-state index in [0.717, 1.165) is 63.7 Å². The van der Waals surface area contributed by atoms with Crippen LogP contribution in [0.2, 0.25) is 0 Å². The van der Waals surface area contributed by atoms with E-state index in [2.05, 4.69) is 101 Å². The largest absolute Gasteiger partial charge is 0.480 e. The zero-order valence-electron chi connectivity index (χ0n) is 26.7. The number of carboxylic acid groups (broad SMARTS) is 1. The summed E-state index contributed by atoms with van der Waals surface area (Å²) in [6, 6.07) is 36.4. The van der Waals surface area contributed by atoms with Crippen molar-refractivity contribution in [3.8, 4) is 0 Å². The summed E-state index contributed by atoms with van der Waals surface area (Å²) < 4.78 is 2.10. The Morgan fingerprint density at radius 3 is 2.22 bits per heavy atom. The fraction of sp³-hybridized carbons (Fsp3) is 0.150. The first kappa shape index (κ1) is 32.2. The highest BCUT2D eigenvalue weighted by Gasteiger charge is 2.42. The summed E-state index contributed by atoms with van der Waals surface area (Å²) in [5.74, 6) is -1.21. The van der Waals surface area contributed by atoms with Gasteiger partial charge < -0.3 is 15.3 Å². The van der Waals surface area contributed by atoms with Gasteiger partial charge in [0.25, 0.3) is 11.5 Å². The zero-order chi connectivity index (χ0) is 34.4. The Hall–Kier alpha value is -5.03. The van der Waals surface area contributed by atoms with Crippen molar-refractivity contribution < 1.29 is 14.7 Å². The standard InChI is InChI=1S/C40H31N3O4S3/c44-35(45)23-42-38(47)34(49-39(42)36-37(46)41-40(48)50-36)22-25-16-19-33-31(21-25)29-12-7-13-32(29)43(33)28-17-14-24(15-18-28)20-30(26-8-3-1-4-9-26)27-10-5-2-6-11-27/h1-6,8-11,14-22,29,32H,7,12-13,23H2,(H,44,45)(H,41,46,48)/b34-22-,39-36-. The average Bonchev–Trinajstić information content (AvgIpc) is 3.88. The van der Waals surface area contributed by atoms with Crippen LogP contribution in [-0.2, 0) is 16.1 Å². The lowest BCUT2D eigenvalue weighted by molar-refractivity contribution is -0.137. The Kier molecular flexibility index (Phi) is 8.60. The predicted octanol–water partition coefficient (Wildman–Crippen LogP) is 6.46. The van der Waals surface area contributed by atoms with E-state index in [1.165, 1.54) is 28.0 Å². The Morgan fingerprint density at radius 2 is 1.58 bits per heavy atom. The molecule has 5 aromatic rings. The molecule has 1 aliphatic carbocycles. The van der Waals surface area contributed by atoms with Gasteiger partial charge in [0, 0.05) is 23.3 Å². The van der Waals surface area contributed by atoms with Gasteiger partial charge >= 0.3 is 5.97 Å². The molecule has 2 fully saturated rings. The highest BCUT2D eigenvalue weighted by molar-refractivity contribution is 8.30. The van der Waals surface area contributed by atoms with E-state index in [4.69, 9.17) is 12.2 Å². The van der Waals surface area contributed by atoms with Gasteiger partial charge in [0.15, 0.2) is 0 Å². The summed E-state index contributed by atoms with van der Waals surface area (Å²) in [6.07, 6.45) is 7.38. The highest BCUT2D eigenvalue weighted by Crippen LogP contribution is 2.52. The van der Waals surface area contributed by atoms with Gasteiger partial charge in [-0.1, -0.05) is 109 Å². The second-order valence-corrected chi connectivity index (χ2v) is 15.3. The molecule has 10 heteroatoms. The number of thiocarbonyl (C=S) groups is 1. The molecule has 2 aliphatic heterocycles. The Balaban J connectivity index is 1.15. The lowest BCUT2D eigenvalue weighted by atomic mass is 9.95. The molecule has 2 atom stereocenters. The van der Waals surface area contributed by atoms with Crippen LogP contribution in [0, 0.1) is 0 Å². The first-order valence-corrected chi connectivity index (χ1v) is 18.4. The molecule has 4 aromatic carbocycles. The van der Waals surface area contributed by atoms with Gasteiger partial charge in [-0.2, -0.15) is 0 Å². The number of fused-ring (bicyclic) bond motifs is 3. The average molecular weight is 714 g/mol. The summed E-state index contributed by atoms with van der Waals surface area (Å²) in [6.45, 7) is -0.542. The van der Waals surface area contributed by atoms with Crippen molar-refractivity contribution in [2.75, 3.05) is 4.90 Å². The number of nitrogens with zero attached hydrogens (tertiary/aromatic N) is 2. The predicted molar refractivity (Wildman–Crippen MR) is 206 cm³/mol. The monoisotopic (exact) mass is 713 g/mol. The summed E-state index contributed by atoms with van der Waals surface area (Å²) in [5.41, 5.74) is 8.64. The molecule has 0 spiro atoms. The van der Waals surface area contributed by atoms with Crippen molar-refractivity contribution in [1.29, 1.82) is 0 Å². The third kappa shape index (κ3) is 6.04. The molecule has 1 saturated heterocycles. The van der Waals surface area contributed by atoms with Crippen LogP contribution < -0.4 is 25.0 Å². The first-order valence-electron chi connectivity index (χ1n) is 16.4. The second-order valence-electron chi connectivity index (χ2n) is 12.5. The number of nitrogens with one attached hydrogen (secondary N) is 1. The van der Waals surface area contributed by atoms with Gasteiger partial charge in [-0.05, 0) is 82.6 Å². The number of aromatic nitrogens is 1. The van der Waals surface area contributed by atoms with Crippen LogP contribution in [0.3, 0.4) is 0 Å². The summed E-state index contributed by atoms with van der Waals surface area (Å²) in [5, 5.41) is 12.1. The molecular formula is C40H31N3O4S3. The van der Waals surface area contributed by atoms with Crippen LogP contribution in [-0.4, -0.2) is 31.9 Å². The number of amides is 1. The summed E-state index contributed by atoms with van der Waals surface area (Å²) in [7, 11) is 0. The van der Waals surface area contributed by atoms with Crippen LogP contribution in [0.15, 0.2) is 108 Å². The van der Waals surface area contributed by atoms with Gasteiger partial charge in [0.1, 0.15) is 20.4 Å². The molecule has 0 radical (unpaired) electrons. The van der Waals surface area contributed by atoms with E-state index in [9.17, 15) is 19.5 Å². The number of hydrogen-bond acceptors (Lipinski definition) is 7. The Morgan fingerprint density at radius 1 is 0.900 bits per heavy atom. The second kappa shape index (κ2) is 13.4. The van der Waals surface area contributed by atoms with Crippen LogP contribution in [0.5, 0.6) is 0 Å². The van der Waals surface area contributed by atoms with Gasteiger partial charge in [-0.25, -0.2) is 0 Å². The minimum absolute atomic E-state index is 0.245. The molecule has 1 saturated carbocycles. The van der Waals surface area contributed by atoms with E-state index in [1.54, 1.807) is 6.08 Å². The number of carbonyl (C=O) groups excluding carboxylic acids is 1. The minimum Gasteiger partial charge on any atom is -0.480 e. The maximum absolute atomic E-state index is 13.5. The quantitative estimate of drug-likeness (QED) is 0.148. The number of carbonyl (C=O) groups is 2. The lowest BCUT2D eigenvalue weighted by Crippen LogP contribution is -2.35. The Bertz CT molecular complexity index is 2340. The lowest BCUT2D eigenvalue weighted by Gasteiger charge is -2.27. The van der Waals surface area contributed by atoms with E-state index >= 15 is 0 Å². The van der Waals surface area contributed by atoms with Crippen molar-refractivity contribution in [3.05, 3.63) is 150 Å². The number of anilines is 2. The number of hydrogen-bond donors (Lipinski definition) is 2. The van der Waals surface area contributed by atoms with Crippen molar-refractivity contribution in [2.24, 2.45) is 0 Å². The maximum Gasteiger partial charge on any atom is 0.323 e. The zero-order valence-corrected chi connectivity index (χ0v) is 29.2. The van der Waals surface area contributed by atoms with Crippen LogP contribution >= 0.6 is 35.3 Å².